The lowest BCUT2D eigenvalue weighted by molar-refractivity contribution is -0.137. The molecule has 0 bridgehead atoms. The third kappa shape index (κ3) is 4.88. The molecule has 150 valence electrons. The van der Waals surface area contributed by atoms with E-state index in [9.17, 15) is 18.0 Å². The summed E-state index contributed by atoms with van der Waals surface area (Å²) in [6, 6.07) is 12.0. The minimum absolute atomic E-state index is 0.133. The zero-order valence-electron chi connectivity index (χ0n) is 15.5. The number of amides is 2. The number of nitrogens with one attached hydrogen (secondary N) is 1. The molecule has 0 unspecified atom stereocenters. The maximum absolute atomic E-state index is 12.8. The first-order valence-electron chi connectivity index (χ1n) is 9.08. The van der Waals surface area contributed by atoms with Crippen LogP contribution in [0.25, 0.3) is 0 Å². The number of alkyl halides is 3. The molecule has 3 rings (SSSR count). The molecule has 1 fully saturated rings. The summed E-state index contributed by atoms with van der Waals surface area (Å²) in [6.07, 6.45) is -4.44. The van der Waals surface area contributed by atoms with Gasteiger partial charge in [-0.25, -0.2) is 4.79 Å². The Hall–Kier alpha value is -2.90. The Morgan fingerprint density at radius 2 is 1.75 bits per heavy atom. The van der Waals surface area contributed by atoms with Crippen molar-refractivity contribution in [2.24, 2.45) is 0 Å². The fraction of sp³-hybridized carbons (Fsp3) is 0.350. The Labute approximate surface area is 161 Å². The van der Waals surface area contributed by atoms with E-state index in [4.69, 9.17) is 4.74 Å². The zero-order valence-corrected chi connectivity index (χ0v) is 15.5. The second kappa shape index (κ2) is 8.41. The monoisotopic (exact) mass is 393 g/mol. The van der Waals surface area contributed by atoms with Gasteiger partial charge in [0, 0.05) is 37.6 Å². The number of carbonyl (C=O) groups is 1. The Morgan fingerprint density at radius 3 is 2.36 bits per heavy atom. The van der Waals surface area contributed by atoms with E-state index in [0.717, 1.165) is 23.6 Å². The van der Waals surface area contributed by atoms with Crippen LogP contribution in [0.15, 0.2) is 48.5 Å². The molecule has 1 saturated heterocycles. The fourth-order valence-electron chi connectivity index (χ4n) is 3.06. The summed E-state index contributed by atoms with van der Waals surface area (Å²) < 4.78 is 43.8. The molecule has 5 nitrogen and oxygen atoms in total. The highest BCUT2D eigenvalue weighted by Gasteiger charge is 2.30. The van der Waals surface area contributed by atoms with Gasteiger partial charge in [0.15, 0.2) is 0 Å². The first kappa shape index (κ1) is 19.9. The third-order valence-electron chi connectivity index (χ3n) is 4.52. The molecule has 0 aromatic heterocycles. The van der Waals surface area contributed by atoms with E-state index in [1.165, 1.54) is 12.1 Å². The molecule has 28 heavy (non-hydrogen) atoms. The van der Waals surface area contributed by atoms with Crippen molar-refractivity contribution in [2.45, 2.75) is 13.1 Å². The summed E-state index contributed by atoms with van der Waals surface area (Å²) in [5.74, 6) is 0.811. The number of nitrogens with zero attached hydrogens (tertiary/aromatic N) is 2. The van der Waals surface area contributed by atoms with E-state index in [0.29, 0.717) is 32.8 Å². The van der Waals surface area contributed by atoms with E-state index < -0.39 is 17.8 Å². The van der Waals surface area contributed by atoms with Gasteiger partial charge in [0.2, 0.25) is 0 Å². The standard InChI is InChI=1S/C20H22F3N3O2/c1-2-28-18-8-6-17(7-9-18)25-10-12-26(13-11-25)19(27)24-16-5-3-4-15(14-16)20(21,22)23/h3-9,14H,2,10-13H2,1H3,(H,24,27). The van der Waals surface area contributed by atoms with Crippen molar-refractivity contribution in [3.05, 3.63) is 54.1 Å². The van der Waals surface area contributed by atoms with Gasteiger partial charge < -0.3 is 19.9 Å². The fourth-order valence-corrected chi connectivity index (χ4v) is 3.06. The van der Waals surface area contributed by atoms with Crippen LogP contribution in [0.1, 0.15) is 12.5 Å². The van der Waals surface area contributed by atoms with E-state index in [-0.39, 0.29) is 5.69 Å². The average Bonchev–Trinajstić information content (AvgIpc) is 2.68. The van der Waals surface area contributed by atoms with Gasteiger partial charge in [-0.1, -0.05) is 6.07 Å². The summed E-state index contributed by atoms with van der Waals surface area (Å²) in [5.41, 5.74) is 0.390. The van der Waals surface area contributed by atoms with Gasteiger partial charge in [-0.05, 0) is 49.4 Å². The summed E-state index contributed by atoms with van der Waals surface area (Å²) in [7, 11) is 0. The molecule has 2 aromatic rings. The SMILES string of the molecule is CCOc1ccc(N2CCN(C(=O)Nc3cccc(C(F)(F)F)c3)CC2)cc1. The number of hydrogen-bond donors (Lipinski definition) is 1. The molecule has 1 aliphatic heterocycles. The minimum atomic E-state index is -4.44. The molecule has 0 atom stereocenters. The number of ether oxygens (including phenoxy) is 1. The van der Waals surface area contributed by atoms with Crippen molar-refractivity contribution in [1.29, 1.82) is 0 Å². The van der Waals surface area contributed by atoms with Crippen molar-refractivity contribution >= 4 is 17.4 Å². The van der Waals surface area contributed by atoms with Crippen LogP contribution in [0, 0.1) is 0 Å². The molecule has 0 spiro atoms. The van der Waals surface area contributed by atoms with Crippen molar-refractivity contribution in [1.82, 2.24) is 4.90 Å². The second-order valence-corrected chi connectivity index (χ2v) is 6.41. The topological polar surface area (TPSA) is 44.8 Å². The van der Waals surface area contributed by atoms with Crippen LogP contribution in [-0.4, -0.2) is 43.7 Å². The number of piperazine rings is 1. The number of urea groups is 1. The predicted molar refractivity (Wildman–Crippen MR) is 102 cm³/mol. The van der Waals surface area contributed by atoms with Crippen molar-refractivity contribution in [2.75, 3.05) is 43.0 Å². The predicted octanol–water partition coefficient (Wildman–Crippen LogP) is 4.46. The smallest absolute Gasteiger partial charge is 0.416 e. The van der Waals surface area contributed by atoms with Gasteiger partial charge >= 0.3 is 12.2 Å². The summed E-state index contributed by atoms with van der Waals surface area (Å²) in [6.45, 7) is 4.79. The lowest BCUT2D eigenvalue weighted by atomic mass is 10.2. The van der Waals surface area contributed by atoms with E-state index in [2.05, 4.69) is 10.2 Å². The van der Waals surface area contributed by atoms with Crippen LogP contribution in [0.5, 0.6) is 5.75 Å². The van der Waals surface area contributed by atoms with Gasteiger partial charge in [-0.3, -0.25) is 0 Å². The van der Waals surface area contributed by atoms with E-state index >= 15 is 0 Å². The molecule has 0 aliphatic carbocycles. The summed E-state index contributed by atoms with van der Waals surface area (Å²) in [4.78, 5) is 16.1. The number of hydrogen-bond acceptors (Lipinski definition) is 3. The summed E-state index contributed by atoms with van der Waals surface area (Å²) in [5, 5.41) is 2.55. The average molecular weight is 393 g/mol. The van der Waals surface area contributed by atoms with Gasteiger partial charge in [0.25, 0.3) is 0 Å². The molecule has 2 amide bonds. The number of benzene rings is 2. The van der Waals surface area contributed by atoms with Crippen LogP contribution >= 0.6 is 0 Å². The highest BCUT2D eigenvalue weighted by atomic mass is 19.4. The first-order valence-corrected chi connectivity index (χ1v) is 9.08. The van der Waals surface area contributed by atoms with Gasteiger partial charge in [-0.2, -0.15) is 13.2 Å². The molecule has 1 aliphatic rings. The molecule has 1 N–H and O–H groups in total. The molecule has 0 saturated carbocycles. The maximum atomic E-state index is 12.8. The van der Waals surface area contributed by atoms with Gasteiger partial charge in [0.05, 0.1) is 12.2 Å². The number of rotatable bonds is 4. The molecule has 2 aromatic carbocycles. The largest absolute Gasteiger partial charge is 0.494 e. The normalized spacial score (nSPS) is 14.7. The molecular weight excluding hydrogens is 371 g/mol. The zero-order chi connectivity index (χ0) is 20.1. The molecule has 8 heteroatoms. The second-order valence-electron chi connectivity index (χ2n) is 6.41. The molecule has 0 radical (unpaired) electrons. The van der Waals surface area contributed by atoms with Crippen LogP contribution in [0.4, 0.5) is 29.3 Å². The Bertz CT molecular complexity index is 801. The van der Waals surface area contributed by atoms with Crippen molar-refractivity contribution in [3.8, 4) is 5.75 Å². The van der Waals surface area contributed by atoms with E-state index in [1.807, 2.05) is 31.2 Å². The number of carbonyl (C=O) groups excluding carboxylic acids is 1. The highest BCUT2D eigenvalue weighted by molar-refractivity contribution is 5.89. The van der Waals surface area contributed by atoms with Crippen LogP contribution < -0.4 is 15.0 Å². The van der Waals surface area contributed by atoms with E-state index in [1.54, 1.807) is 4.90 Å². The van der Waals surface area contributed by atoms with Crippen molar-refractivity contribution in [3.63, 3.8) is 0 Å². The number of halogens is 3. The van der Waals surface area contributed by atoms with Gasteiger partial charge in [-0.15, -0.1) is 0 Å². The molecular formula is C20H22F3N3O2. The summed E-state index contributed by atoms with van der Waals surface area (Å²) >= 11 is 0. The van der Waals surface area contributed by atoms with Crippen LogP contribution in [0.3, 0.4) is 0 Å². The van der Waals surface area contributed by atoms with Crippen LogP contribution in [0.2, 0.25) is 0 Å². The van der Waals surface area contributed by atoms with Crippen molar-refractivity contribution < 1.29 is 22.7 Å². The van der Waals surface area contributed by atoms with Gasteiger partial charge in [0.1, 0.15) is 5.75 Å². The lowest BCUT2D eigenvalue weighted by Crippen LogP contribution is -2.50. The minimum Gasteiger partial charge on any atom is -0.494 e. The number of anilines is 2. The lowest BCUT2D eigenvalue weighted by Gasteiger charge is -2.36. The Morgan fingerprint density at radius 1 is 1.07 bits per heavy atom. The maximum Gasteiger partial charge on any atom is 0.416 e. The highest BCUT2D eigenvalue weighted by Crippen LogP contribution is 2.30. The molecule has 1 heterocycles. The Balaban J connectivity index is 1.55. The third-order valence-corrected chi connectivity index (χ3v) is 4.52. The first-order chi connectivity index (χ1) is 13.4. The van der Waals surface area contributed by atoms with Crippen LogP contribution in [-0.2, 0) is 6.18 Å². The quantitative estimate of drug-likeness (QED) is 0.834. The Kier molecular flexibility index (Phi) is 5.96.